The van der Waals surface area contributed by atoms with Gasteiger partial charge in [-0.1, -0.05) is 19.1 Å². The SMILES string of the molecule is C[C@@H](O)[C@H]1C(=O)N2C=C(S[C@H]3CCNC3=S)[C@H](C)[C@H]12. The standard InChI is InChI=1S/C13H18N2O2S2/c1-6-9(19-8-3-4-14-12(8)18)5-15-11(6)10(7(2)16)13(15)17/h5-8,10-11,16H,3-4H2,1-2H3,(H,14,18)/t6-,7+,8-,10+,11+/m0/s1. The van der Waals surface area contributed by atoms with E-state index in [1.54, 1.807) is 23.6 Å². The van der Waals surface area contributed by atoms with Gasteiger partial charge in [0.05, 0.1) is 28.3 Å². The lowest BCUT2D eigenvalue weighted by Crippen LogP contribution is -2.61. The maximum absolute atomic E-state index is 12.0. The quantitative estimate of drug-likeness (QED) is 0.604. The van der Waals surface area contributed by atoms with Gasteiger partial charge in [0.25, 0.3) is 0 Å². The fraction of sp³-hybridized carbons (Fsp3) is 0.692. The Balaban J connectivity index is 1.72. The molecule has 0 aromatic rings. The highest BCUT2D eigenvalue weighted by molar-refractivity contribution is 8.05. The number of amides is 1. The molecule has 0 spiro atoms. The van der Waals surface area contributed by atoms with Crippen molar-refractivity contribution in [2.45, 2.75) is 37.7 Å². The van der Waals surface area contributed by atoms with Crippen molar-refractivity contribution in [3.8, 4) is 0 Å². The monoisotopic (exact) mass is 298 g/mol. The Labute approximate surface area is 122 Å². The lowest BCUT2D eigenvalue weighted by atomic mass is 9.79. The zero-order valence-electron chi connectivity index (χ0n) is 11.0. The van der Waals surface area contributed by atoms with Crippen LogP contribution >= 0.6 is 24.0 Å². The van der Waals surface area contributed by atoms with E-state index in [0.29, 0.717) is 11.2 Å². The Kier molecular flexibility index (Phi) is 3.35. The minimum Gasteiger partial charge on any atom is -0.393 e. The fourth-order valence-electron chi connectivity index (χ4n) is 3.16. The van der Waals surface area contributed by atoms with Crippen LogP contribution in [0.1, 0.15) is 20.3 Å². The number of aliphatic hydroxyl groups excluding tert-OH is 1. The van der Waals surface area contributed by atoms with Crippen molar-refractivity contribution in [3.63, 3.8) is 0 Å². The van der Waals surface area contributed by atoms with E-state index < -0.39 is 6.10 Å². The lowest BCUT2D eigenvalue weighted by Gasteiger charge is -2.45. The molecule has 0 saturated carbocycles. The second-order valence-electron chi connectivity index (χ2n) is 5.51. The van der Waals surface area contributed by atoms with Gasteiger partial charge in [0, 0.05) is 23.6 Å². The summed E-state index contributed by atoms with van der Waals surface area (Å²) >= 11 is 7.07. The van der Waals surface area contributed by atoms with Crippen molar-refractivity contribution in [3.05, 3.63) is 11.1 Å². The van der Waals surface area contributed by atoms with Crippen LogP contribution in [0.25, 0.3) is 0 Å². The molecule has 0 aromatic carbocycles. The number of hydrogen-bond acceptors (Lipinski definition) is 4. The number of rotatable bonds is 3. The van der Waals surface area contributed by atoms with Crippen LogP contribution in [0.2, 0.25) is 0 Å². The Morgan fingerprint density at radius 3 is 2.95 bits per heavy atom. The van der Waals surface area contributed by atoms with Gasteiger partial charge in [-0.2, -0.15) is 0 Å². The summed E-state index contributed by atoms with van der Waals surface area (Å²) in [6.07, 6.45) is 2.44. The summed E-state index contributed by atoms with van der Waals surface area (Å²) in [5, 5.41) is 13.2. The number of β-lactam (4-membered cyclic amide) rings is 1. The third kappa shape index (κ3) is 2.00. The normalized spacial score (nSPS) is 38.7. The lowest BCUT2D eigenvalue weighted by molar-refractivity contribution is -0.158. The summed E-state index contributed by atoms with van der Waals surface area (Å²) in [7, 11) is 0. The van der Waals surface area contributed by atoms with Crippen LogP contribution < -0.4 is 5.32 Å². The molecule has 104 valence electrons. The maximum Gasteiger partial charge on any atom is 0.234 e. The maximum atomic E-state index is 12.0. The third-order valence-corrected chi connectivity index (χ3v) is 6.34. The topological polar surface area (TPSA) is 52.6 Å². The first kappa shape index (κ1) is 13.4. The number of carbonyl (C=O) groups excluding carboxylic acids is 1. The Bertz CT molecular complexity index is 464. The van der Waals surface area contributed by atoms with Gasteiger partial charge >= 0.3 is 0 Å². The number of hydrogen-bond donors (Lipinski definition) is 2. The molecule has 1 amide bonds. The van der Waals surface area contributed by atoms with Crippen LogP contribution in [-0.4, -0.2) is 44.8 Å². The molecule has 0 radical (unpaired) electrons. The predicted octanol–water partition coefficient (Wildman–Crippen LogP) is 1.11. The highest BCUT2D eigenvalue weighted by Crippen LogP contribution is 2.48. The van der Waals surface area contributed by atoms with E-state index in [-0.39, 0.29) is 17.9 Å². The molecule has 0 aliphatic carbocycles. The van der Waals surface area contributed by atoms with E-state index in [0.717, 1.165) is 18.0 Å². The van der Waals surface area contributed by atoms with Crippen LogP contribution in [0.15, 0.2) is 11.1 Å². The third-order valence-electron chi connectivity index (χ3n) is 4.25. The molecule has 0 unspecified atom stereocenters. The molecule has 2 N–H and O–H groups in total. The summed E-state index contributed by atoms with van der Waals surface area (Å²) in [6.45, 7) is 4.78. The van der Waals surface area contributed by atoms with E-state index in [1.807, 2.05) is 6.20 Å². The molecule has 5 atom stereocenters. The number of nitrogens with one attached hydrogen (secondary N) is 1. The van der Waals surface area contributed by atoms with Crippen LogP contribution in [-0.2, 0) is 4.79 Å². The van der Waals surface area contributed by atoms with Crippen LogP contribution in [0, 0.1) is 11.8 Å². The average Bonchev–Trinajstić information content (AvgIpc) is 2.85. The second-order valence-corrected chi connectivity index (χ2v) is 7.22. The molecule has 3 aliphatic rings. The van der Waals surface area contributed by atoms with Gasteiger partial charge in [0.2, 0.25) is 5.91 Å². The fourth-order valence-corrected chi connectivity index (χ4v) is 4.81. The number of thiocarbonyl (C=S) groups is 1. The van der Waals surface area contributed by atoms with Crippen LogP contribution in [0.3, 0.4) is 0 Å². The zero-order chi connectivity index (χ0) is 13.7. The van der Waals surface area contributed by atoms with Crippen molar-refractivity contribution in [2.24, 2.45) is 11.8 Å². The Hall–Kier alpha value is -0.590. The number of aliphatic hydroxyl groups is 1. The van der Waals surface area contributed by atoms with Crippen molar-refractivity contribution in [1.29, 1.82) is 0 Å². The van der Waals surface area contributed by atoms with Crippen LogP contribution in [0.4, 0.5) is 0 Å². The first-order valence-electron chi connectivity index (χ1n) is 6.67. The Morgan fingerprint density at radius 1 is 1.63 bits per heavy atom. The number of carbonyl (C=O) groups is 1. The van der Waals surface area contributed by atoms with Gasteiger partial charge in [-0.25, -0.2) is 0 Å². The van der Waals surface area contributed by atoms with Gasteiger partial charge in [-0.3, -0.25) is 4.79 Å². The number of thioether (sulfide) groups is 1. The molecular weight excluding hydrogens is 280 g/mol. The largest absolute Gasteiger partial charge is 0.393 e. The smallest absolute Gasteiger partial charge is 0.234 e. The van der Waals surface area contributed by atoms with Crippen molar-refractivity contribution < 1.29 is 9.90 Å². The molecule has 0 bridgehead atoms. The molecule has 0 aromatic heterocycles. The second kappa shape index (κ2) is 4.75. The van der Waals surface area contributed by atoms with Crippen molar-refractivity contribution >= 4 is 34.9 Å². The highest BCUT2D eigenvalue weighted by Gasteiger charge is 2.55. The number of fused-ring (bicyclic) bond motifs is 1. The predicted molar refractivity (Wildman–Crippen MR) is 79.6 cm³/mol. The molecule has 2 saturated heterocycles. The van der Waals surface area contributed by atoms with E-state index >= 15 is 0 Å². The molecule has 2 fully saturated rings. The van der Waals surface area contributed by atoms with E-state index in [4.69, 9.17) is 12.2 Å². The van der Waals surface area contributed by atoms with Gasteiger partial charge in [0.15, 0.2) is 0 Å². The summed E-state index contributed by atoms with van der Waals surface area (Å²) in [4.78, 5) is 15.9. The first-order valence-corrected chi connectivity index (χ1v) is 7.96. The van der Waals surface area contributed by atoms with E-state index in [2.05, 4.69) is 12.2 Å². The average molecular weight is 298 g/mol. The van der Waals surface area contributed by atoms with Crippen LogP contribution in [0.5, 0.6) is 0 Å². The molecule has 6 heteroatoms. The van der Waals surface area contributed by atoms with Gasteiger partial charge in [-0.15, -0.1) is 11.8 Å². The number of nitrogens with zero attached hydrogens (tertiary/aromatic N) is 1. The molecular formula is C13H18N2O2S2. The van der Waals surface area contributed by atoms with E-state index in [1.165, 1.54) is 4.91 Å². The summed E-state index contributed by atoms with van der Waals surface area (Å²) in [5.41, 5.74) is 0. The minimum absolute atomic E-state index is 0.0505. The summed E-state index contributed by atoms with van der Waals surface area (Å²) in [5.74, 6) is 0.110. The molecule has 4 nitrogen and oxygen atoms in total. The Morgan fingerprint density at radius 2 is 2.37 bits per heavy atom. The van der Waals surface area contributed by atoms with Gasteiger partial charge in [-0.05, 0) is 13.3 Å². The van der Waals surface area contributed by atoms with Crippen molar-refractivity contribution in [1.82, 2.24) is 10.2 Å². The summed E-state index contributed by atoms with van der Waals surface area (Å²) in [6, 6.07) is 0.137. The summed E-state index contributed by atoms with van der Waals surface area (Å²) < 4.78 is 0. The van der Waals surface area contributed by atoms with Gasteiger partial charge < -0.3 is 15.3 Å². The molecule has 3 heterocycles. The molecule has 3 rings (SSSR count). The van der Waals surface area contributed by atoms with Crippen molar-refractivity contribution in [2.75, 3.05) is 6.54 Å². The molecule has 19 heavy (non-hydrogen) atoms. The first-order chi connectivity index (χ1) is 9.00. The van der Waals surface area contributed by atoms with Gasteiger partial charge in [0.1, 0.15) is 0 Å². The van der Waals surface area contributed by atoms with E-state index in [9.17, 15) is 9.90 Å². The minimum atomic E-state index is -0.567. The zero-order valence-corrected chi connectivity index (χ0v) is 12.6. The highest BCUT2D eigenvalue weighted by atomic mass is 32.2. The molecule has 3 aliphatic heterocycles.